The fourth-order valence-corrected chi connectivity index (χ4v) is 4.42. The Morgan fingerprint density at radius 3 is 2.60 bits per heavy atom. The number of nitrogens with zero attached hydrogens (tertiary/aromatic N) is 2. The van der Waals surface area contributed by atoms with Gasteiger partial charge in [-0.05, 0) is 38.5 Å². The molecule has 0 aromatic carbocycles. The first kappa shape index (κ1) is 26.1. The third-order valence-corrected chi connectivity index (χ3v) is 6.36. The van der Waals surface area contributed by atoms with Crippen LogP contribution in [0.15, 0.2) is 4.99 Å². The number of hydrogen-bond donors (Lipinski definition) is 3. The Bertz CT molecular complexity index is 493. The molecular formula is C22H43IN4O3. The van der Waals surface area contributed by atoms with Crippen LogP contribution in [0.1, 0.15) is 51.9 Å². The van der Waals surface area contributed by atoms with E-state index in [2.05, 4.69) is 22.5 Å². The average Bonchev–Trinajstić information content (AvgIpc) is 3.56. The zero-order valence-electron chi connectivity index (χ0n) is 18.7. The molecular weight excluding hydrogens is 495 g/mol. The molecule has 0 spiro atoms. The van der Waals surface area contributed by atoms with Crippen LogP contribution in [0, 0.1) is 11.3 Å². The van der Waals surface area contributed by atoms with Crippen molar-refractivity contribution in [1.82, 2.24) is 15.5 Å². The van der Waals surface area contributed by atoms with Crippen LogP contribution in [0.25, 0.3) is 0 Å². The molecule has 2 saturated carbocycles. The van der Waals surface area contributed by atoms with Gasteiger partial charge in [0.05, 0.1) is 25.9 Å². The van der Waals surface area contributed by atoms with Crippen molar-refractivity contribution in [3.8, 4) is 0 Å². The maximum atomic E-state index is 10.2. The van der Waals surface area contributed by atoms with Gasteiger partial charge < -0.3 is 25.2 Å². The Morgan fingerprint density at radius 1 is 1.20 bits per heavy atom. The van der Waals surface area contributed by atoms with Crippen molar-refractivity contribution in [1.29, 1.82) is 0 Å². The first-order valence-electron chi connectivity index (χ1n) is 11.8. The zero-order chi connectivity index (χ0) is 20.4. The Morgan fingerprint density at radius 2 is 1.93 bits per heavy atom. The average molecular weight is 539 g/mol. The fraction of sp³-hybridized carbons (Fsp3) is 0.955. The molecule has 0 radical (unpaired) electrons. The molecule has 3 aliphatic rings. The van der Waals surface area contributed by atoms with Crippen LogP contribution in [0.2, 0.25) is 0 Å². The van der Waals surface area contributed by atoms with E-state index in [1.807, 2.05) is 0 Å². The lowest BCUT2D eigenvalue weighted by atomic mass is 9.73. The van der Waals surface area contributed by atoms with Crippen LogP contribution in [0.3, 0.4) is 0 Å². The SMILES string of the molecule is CCNC(=NCC1(CN2CCOCC2)CCCCC1)NCC(O)COCC1CC1.I. The number of aliphatic hydroxyl groups excluding tert-OH is 1. The van der Waals surface area contributed by atoms with Crippen molar-refractivity contribution in [2.24, 2.45) is 16.3 Å². The number of morpholine rings is 1. The van der Waals surface area contributed by atoms with Crippen LogP contribution < -0.4 is 10.6 Å². The first-order valence-corrected chi connectivity index (χ1v) is 11.8. The van der Waals surface area contributed by atoms with Crippen LogP contribution in [0.4, 0.5) is 0 Å². The fourth-order valence-electron chi connectivity index (χ4n) is 4.42. The highest BCUT2D eigenvalue weighted by Gasteiger charge is 2.34. The molecule has 1 saturated heterocycles. The van der Waals surface area contributed by atoms with Gasteiger partial charge >= 0.3 is 0 Å². The van der Waals surface area contributed by atoms with Gasteiger partial charge in [0, 0.05) is 51.3 Å². The monoisotopic (exact) mass is 538 g/mol. The molecule has 2 aliphatic carbocycles. The molecule has 0 aromatic rings. The number of aliphatic imine (C=N–C) groups is 1. The van der Waals surface area contributed by atoms with E-state index in [0.29, 0.717) is 13.2 Å². The summed E-state index contributed by atoms with van der Waals surface area (Å²) in [6, 6.07) is 0. The number of nitrogens with one attached hydrogen (secondary N) is 2. The van der Waals surface area contributed by atoms with E-state index in [9.17, 15) is 5.11 Å². The van der Waals surface area contributed by atoms with E-state index in [4.69, 9.17) is 14.5 Å². The van der Waals surface area contributed by atoms with Crippen molar-refractivity contribution in [2.45, 2.75) is 58.0 Å². The minimum atomic E-state index is -0.505. The lowest BCUT2D eigenvalue weighted by Gasteiger charge is -2.41. The van der Waals surface area contributed by atoms with Crippen LogP contribution in [-0.2, 0) is 9.47 Å². The van der Waals surface area contributed by atoms with Gasteiger partial charge in [-0.1, -0.05) is 19.3 Å². The Kier molecular flexibility index (Phi) is 12.2. The molecule has 7 nitrogen and oxygen atoms in total. The molecule has 3 rings (SSSR count). The molecule has 0 bridgehead atoms. The van der Waals surface area contributed by atoms with Crippen molar-refractivity contribution in [2.75, 3.05) is 65.7 Å². The van der Waals surface area contributed by atoms with Gasteiger partial charge in [0.1, 0.15) is 0 Å². The molecule has 8 heteroatoms. The topological polar surface area (TPSA) is 78.4 Å². The Balaban J connectivity index is 0.00000320. The molecule has 1 heterocycles. The Hall–Kier alpha value is -0.160. The minimum absolute atomic E-state index is 0. The standard InChI is InChI=1S/C22H42N4O3.HI/c1-2-23-21(24-14-20(27)16-29-15-19-6-7-19)25-17-22(8-4-3-5-9-22)18-26-10-12-28-13-11-26;/h19-20,27H,2-18H2,1H3,(H2,23,24,25);1H. The van der Waals surface area contributed by atoms with E-state index in [0.717, 1.165) is 64.4 Å². The highest BCUT2D eigenvalue weighted by Crippen LogP contribution is 2.37. The van der Waals surface area contributed by atoms with Crippen LogP contribution >= 0.6 is 24.0 Å². The highest BCUT2D eigenvalue weighted by atomic mass is 127. The highest BCUT2D eigenvalue weighted by molar-refractivity contribution is 14.0. The first-order chi connectivity index (χ1) is 14.2. The molecule has 1 unspecified atom stereocenters. The number of halogens is 1. The molecule has 1 atom stereocenters. The summed E-state index contributed by atoms with van der Waals surface area (Å²) in [5.74, 6) is 1.54. The lowest BCUT2D eigenvalue weighted by molar-refractivity contribution is 0.00936. The second kappa shape index (κ2) is 14.1. The number of hydrogen-bond acceptors (Lipinski definition) is 5. The third-order valence-electron chi connectivity index (χ3n) is 6.36. The van der Waals surface area contributed by atoms with Gasteiger partial charge in [-0.15, -0.1) is 24.0 Å². The maximum Gasteiger partial charge on any atom is 0.191 e. The summed E-state index contributed by atoms with van der Waals surface area (Å²) in [7, 11) is 0. The van der Waals surface area contributed by atoms with Gasteiger partial charge in [-0.3, -0.25) is 9.89 Å². The number of ether oxygens (including phenoxy) is 2. The van der Waals surface area contributed by atoms with Gasteiger partial charge in [0.25, 0.3) is 0 Å². The van der Waals surface area contributed by atoms with Crippen molar-refractivity contribution in [3.63, 3.8) is 0 Å². The van der Waals surface area contributed by atoms with E-state index in [1.54, 1.807) is 0 Å². The summed E-state index contributed by atoms with van der Waals surface area (Å²) < 4.78 is 11.1. The van der Waals surface area contributed by atoms with E-state index < -0.39 is 6.10 Å². The van der Waals surface area contributed by atoms with E-state index in [1.165, 1.54) is 44.9 Å². The van der Waals surface area contributed by atoms with Gasteiger partial charge in [0.15, 0.2) is 5.96 Å². The number of guanidine groups is 1. The second-order valence-electron chi connectivity index (χ2n) is 9.16. The molecule has 0 aromatic heterocycles. The third kappa shape index (κ3) is 9.54. The van der Waals surface area contributed by atoms with Gasteiger partial charge in [-0.25, -0.2) is 0 Å². The van der Waals surface area contributed by atoms with Gasteiger partial charge in [0.2, 0.25) is 0 Å². The molecule has 0 amide bonds. The second-order valence-corrected chi connectivity index (χ2v) is 9.16. The normalized spacial score (nSPS) is 23.5. The summed E-state index contributed by atoms with van der Waals surface area (Å²) in [5.41, 5.74) is 0.268. The van der Waals surface area contributed by atoms with Crippen LogP contribution in [0.5, 0.6) is 0 Å². The summed E-state index contributed by atoms with van der Waals surface area (Å²) in [4.78, 5) is 7.51. The zero-order valence-corrected chi connectivity index (χ0v) is 21.1. The molecule has 176 valence electrons. The van der Waals surface area contributed by atoms with Gasteiger partial charge in [-0.2, -0.15) is 0 Å². The van der Waals surface area contributed by atoms with E-state index in [-0.39, 0.29) is 29.4 Å². The summed E-state index contributed by atoms with van der Waals surface area (Å²) in [6.45, 7) is 10.3. The molecule has 30 heavy (non-hydrogen) atoms. The lowest BCUT2D eigenvalue weighted by Crippen LogP contribution is -2.47. The minimum Gasteiger partial charge on any atom is -0.389 e. The Labute approximate surface area is 199 Å². The van der Waals surface area contributed by atoms with Crippen molar-refractivity contribution >= 4 is 29.9 Å². The molecule has 3 fully saturated rings. The van der Waals surface area contributed by atoms with E-state index >= 15 is 0 Å². The summed E-state index contributed by atoms with van der Waals surface area (Å²) >= 11 is 0. The van der Waals surface area contributed by atoms with Crippen molar-refractivity contribution in [3.05, 3.63) is 0 Å². The largest absolute Gasteiger partial charge is 0.389 e. The predicted molar refractivity (Wildman–Crippen MR) is 132 cm³/mol. The quantitative estimate of drug-likeness (QED) is 0.213. The summed E-state index contributed by atoms with van der Waals surface area (Å²) in [6.07, 6.45) is 8.52. The van der Waals surface area contributed by atoms with Crippen LogP contribution in [-0.4, -0.2) is 87.8 Å². The smallest absolute Gasteiger partial charge is 0.191 e. The maximum absolute atomic E-state index is 10.2. The summed E-state index contributed by atoms with van der Waals surface area (Å²) in [5, 5.41) is 16.8. The number of rotatable bonds is 11. The van der Waals surface area contributed by atoms with Crippen molar-refractivity contribution < 1.29 is 14.6 Å². The molecule has 3 N–H and O–H groups in total. The predicted octanol–water partition coefficient (Wildman–Crippen LogP) is 2.23. The molecule has 1 aliphatic heterocycles. The number of aliphatic hydroxyl groups is 1.